The van der Waals surface area contributed by atoms with Crippen LogP contribution in [0.4, 0.5) is 0 Å². The van der Waals surface area contributed by atoms with E-state index in [4.69, 9.17) is 0 Å². The van der Waals surface area contributed by atoms with Crippen molar-refractivity contribution in [2.24, 2.45) is 0 Å². The summed E-state index contributed by atoms with van der Waals surface area (Å²) in [5.41, 5.74) is 2.02. The summed E-state index contributed by atoms with van der Waals surface area (Å²) >= 11 is 5.14. The van der Waals surface area contributed by atoms with Gasteiger partial charge in [-0.2, -0.15) is 0 Å². The molecule has 0 unspecified atom stereocenters. The van der Waals surface area contributed by atoms with E-state index in [1.54, 1.807) is 16.7 Å². The minimum Gasteiger partial charge on any atom is -0.352 e. The van der Waals surface area contributed by atoms with Crippen LogP contribution in [0.2, 0.25) is 0 Å². The first-order valence-corrected chi connectivity index (χ1v) is 13.8. The summed E-state index contributed by atoms with van der Waals surface area (Å²) in [4.78, 5) is 30.0. The zero-order valence-electron chi connectivity index (χ0n) is 20.3. The van der Waals surface area contributed by atoms with Crippen molar-refractivity contribution in [2.75, 3.05) is 5.75 Å². The average Bonchev–Trinajstić information content (AvgIpc) is 2.88. The summed E-state index contributed by atoms with van der Waals surface area (Å²) < 4.78 is 0.980. The van der Waals surface area contributed by atoms with Crippen molar-refractivity contribution in [1.29, 1.82) is 0 Å². The highest BCUT2D eigenvalue weighted by Gasteiger charge is 2.30. The molecule has 184 valence electrons. The minimum absolute atomic E-state index is 0.0171. The van der Waals surface area contributed by atoms with Crippen molar-refractivity contribution in [3.63, 3.8) is 0 Å². The van der Waals surface area contributed by atoms with Crippen molar-refractivity contribution in [3.8, 4) is 0 Å². The van der Waals surface area contributed by atoms with Gasteiger partial charge in [0.05, 0.1) is 0 Å². The molecule has 0 bridgehead atoms. The highest BCUT2D eigenvalue weighted by molar-refractivity contribution is 9.10. The molecule has 0 aliphatic heterocycles. The Labute approximate surface area is 221 Å². The Morgan fingerprint density at radius 3 is 2.17 bits per heavy atom. The monoisotopic (exact) mass is 552 g/mol. The second kappa shape index (κ2) is 14.1. The molecule has 1 N–H and O–H groups in total. The summed E-state index contributed by atoms with van der Waals surface area (Å²) in [5.74, 6) is 0.533. The van der Waals surface area contributed by atoms with E-state index in [0.29, 0.717) is 25.1 Å². The maximum Gasteiger partial charge on any atom is 0.243 e. The van der Waals surface area contributed by atoms with Crippen LogP contribution in [0, 0.1) is 0 Å². The Morgan fingerprint density at radius 1 is 0.914 bits per heavy atom. The Balaban J connectivity index is 1.85. The lowest BCUT2D eigenvalue weighted by Gasteiger charge is -2.32. The first-order valence-electron chi connectivity index (χ1n) is 12.0. The van der Waals surface area contributed by atoms with E-state index < -0.39 is 6.04 Å². The number of nitrogens with one attached hydrogen (secondary N) is 1. The first-order chi connectivity index (χ1) is 17.0. The molecule has 2 amide bonds. The van der Waals surface area contributed by atoms with Gasteiger partial charge in [-0.05, 0) is 48.7 Å². The van der Waals surface area contributed by atoms with Crippen LogP contribution in [-0.2, 0) is 22.6 Å². The SMILES string of the molecule is CC[C@@H](C)NC(=O)[C@@H](Cc1ccccc1)N(Cc1ccc(Br)cc1)C(=O)CCSc1ccccc1. The van der Waals surface area contributed by atoms with E-state index in [9.17, 15) is 9.59 Å². The minimum atomic E-state index is -0.593. The number of benzene rings is 3. The zero-order chi connectivity index (χ0) is 25.0. The lowest BCUT2D eigenvalue weighted by molar-refractivity contribution is -0.141. The summed E-state index contributed by atoms with van der Waals surface area (Å²) in [6, 6.07) is 27.4. The molecular weight excluding hydrogens is 520 g/mol. The fraction of sp³-hybridized carbons (Fsp3) is 0.310. The smallest absolute Gasteiger partial charge is 0.243 e. The van der Waals surface area contributed by atoms with Crippen molar-refractivity contribution in [1.82, 2.24) is 10.2 Å². The van der Waals surface area contributed by atoms with Crippen LogP contribution in [0.25, 0.3) is 0 Å². The van der Waals surface area contributed by atoms with E-state index in [2.05, 4.69) is 21.2 Å². The molecule has 0 aromatic heterocycles. The van der Waals surface area contributed by atoms with Gasteiger partial charge in [-0.25, -0.2) is 0 Å². The van der Waals surface area contributed by atoms with E-state index in [1.807, 2.05) is 98.8 Å². The van der Waals surface area contributed by atoms with Crippen LogP contribution in [0.5, 0.6) is 0 Å². The van der Waals surface area contributed by atoms with Gasteiger partial charge in [-0.15, -0.1) is 11.8 Å². The highest BCUT2D eigenvalue weighted by Crippen LogP contribution is 2.21. The standard InChI is InChI=1S/C29H33BrN2O2S/c1-3-22(2)31-29(34)27(20-23-10-6-4-7-11-23)32(21-24-14-16-25(30)17-15-24)28(33)18-19-35-26-12-8-5-9-13-26/h4-17,22,27H,3,18-21H2,1-2H3,(H,31,34)/t22-,27-/m1/s1. The van der Waals surface area contributed by atoms with E-state index in [-0.39, 0.29) is 17.9 Å². The quantitative estimate of drug-likeness (QED) is 0.261. The van der Waals surface area contributed by atoms with Gasteiger partial charge >= 0.3 is 0 Å². The largest absolute Gasteiger partial charge is 0.352 e. The summed E-state index contributed by atoms with van der Waals surface area (Å²) in [5, 5.41) is 3.12. The topological polar surface area (TPSA) is 49.4 Å². The number of thioether (sulfide) groups is 1. The molecule has 0 spiro atoms. The molecule has 0 aliphatic carbocycles. The van der Waals surface area contributed by atoms with E-state index in [0.717, 1.165) is 26.9 Å². The van der Waals surface area contributed by atoms with Gasteiger partial charge in [-0.3, -0.25) is 9.59 Å². The molecule has 0 heterocycles. The zero-order valence-corrected chi connectivity index (χ0v) is 22.7. The second-order valence-corrected chi connectivity index (χ2v) is 10.7. The van der Waals surface area contributed by atoms with Gasteiger partial charge in [0, 0.05) is 40.5 Å². The van der Waals surface area contributed by atoms with Gasteiger partial charge < -0.3 is 10.2 Å². The number of hydrogen-bond donors (Lipinski definition) is 1. The number of amides is 2. The van der Waals surface area contributed by atoms with Crippen LogP contribution in [0.1, 0.15) is 37.8 Å². The normalized spacial score (nSPS) is 12.5. The Morgan fingerprint density at radius 2 is 1.54 bits per heavy atom. The number of hydrogen-bond acceptors (Lipinski definition) is 3. The second-order valence-electron chi connectivity index (χ2n) is 8.58. The third-order valence-electron chi connectivity index (χ3n) is 5.87. The summed E-state index contributed by atoms with van der Waals surface area (Å²) in [7, 11) is 0. The van der Waals surface area contributed by atoms with Gasteiger partial charge in [0.15, 0.2) is 0 Å². The Kier molecular flexibility index (Phi) is 10.9. The molecule has 35 heavy (non-hydrogen) atoms. The maximum atomic E-state index is 13.6. The van der Waals surface area contributed by atoms with Gasteiger partial charge in [-0.1, -0.05) is 83.5 Å². The number of carbonyl (C=O) groups excluding carboxylic acids is 2. The molecule has 3 aromatic carbocycles. The van der Waals surface area contributed by atoms with Crippen molar-refractivity contribution < 1.29 is 9.59 Å². The molecule has 3 rings (SSSR count). The molecule has 6 heteroatoms. The number of halogens is 1. The van der Waals surface area contributed by atoms with Crippen molar-refractivity contribution in [2.45, 2.75) is 56.6 Å². The fourth-order valence-electron chi connectivity index (χ4n) is 3.70. The first kappa shape index (κ1) is 27.0. The summed E-state index contributed by atoms with van der Waals surface area (Å²) in [6.07, 6.45) is 1.66. The van der Waals surface area contributed by atoms with E-state index >= 15 is 0 Å². The fourth-order valence-corrected chi connectivity index (χ4v) is 4.82. The van der Waals surface area contributed by atoms with Crippen LogP contribution in [-0.4, -0.2) is 34.6 Å². The van der Waals surface area contributed by atoms with Crippen LogP contribution < -0.4 is 5.32 Å². The molecule has 3 aromatic rings. The number of nitrogens with zero attached hydrogens (tertiary/aromatic N) is 1. The Bertz CT molecular complexity index is 1060. The van der Waals surface area contributed by atoms with Crippen LogP contribution in [0.3, 0.4) is 0 Å². The highest BCUT2D eigenvalue weighted by atomic mass is 79.9. The lowest BCUT2D eigenvalue weighted by Crippen LogP contribution is -2.52. The number of rotatable bonds is 12. The molecule has 0 saturated heterocycles. The molecule has 0 saturated carbocycles. The molecule has 4 nitrogen and oxygen atoms in total. The lowest BCUT2D eigenvalue weighted by atomic mass is 10.0. The third-order valence-corrected chi connectivity index (χ3v) is 7.41. The molecular formula is C29H33BrN2O2S. The predicted octanol–water partition coefficient (Wildman–Crippen LogP) is 6.49. The molecule has 0 radical (unpaired) electrons. The van der Waals surface area contributed by atoms with Crippen LogP contribution in [0.15, 0.2) is 94.3 Å². The number of carbonyl (C=O) groups is 2. The molecule has 2 atom stereocenters. The summed E-state index contributed by atoms with van der Waals surface area (Å²) in [6.45, 7) is 4.42. The predicted molar refractivity (Wildman–Crippen MR) is 148 cm³/mol. The molecule has 0 aliphatic rings. The molecule has 0 fully saturated rings. The third kappa shape index (κ3) is 8.86. The van der Waals surface area contributed by atoms with Gasteiger partial charge in [0.1, 0.15) is 6.04 Å². The van der Waals surface area contributed by atoms with Crippen LogP contribution >= 0.6 is 27.7 Å². The van der Waals surface area contributed by atoms with Crippen molar-refractivity contribution >= 4 is 39.5 Å². The Hall–Kier alpha value is -2.57. The maximum absolute atomic E-state index is 13.6. The van der Waals surface area contributed by atoms with Crippen molar-refractivity contribution in [3.05, 3.63) is 101 Å². The van der Waals surface area contributed by atoms with Gasteiger partial charge in [0.2, 0.25) is 11.8 Å². The van der Waals surface area contributed by atoms with E-state index in [1.165, 1.54) is 0 Å². The average molecular weight is 554 g/mol. The van der Waals surface area contributed by atoms with Gasteiger partial charge in [0.25, 0.3) is 0 Å².